The lowest BCUT2D eigenvalue weighted by atomic mass is 9.95. The molecule has 2 aliphatic rings. The van der Waals surface area contributed by atoms with Crippen molar-refractivity contribution < 1.29 is 18.7 Å². The van der Waals surface area contributed by atoms with Crippen LogP contribution in [0.15, 0.2) is 41.8 Å². The van der Waals surface area contributed by atoms with Crippen LogP contribution in [0.2, 0.25) is 0 Å². The van der Waals surface area contributed by atoms with Crippen molar-refractivity contribution in [3.63, 3.8) is 0 Å². The average molecular weight is 572 g/mol. The van der Waals surface area contributed by atoms with Crippen LogP contribution in [0, 0.1) is 42.2 Å². The average Bonchev–Trinajstić information content (AvgIpc) is 3.30. The monoisotopic (exact) mass is 571 g/mol. The topological polar surface area (TPSA) is 68.0 Å². The van der Waals surface area contributed by atoms with Gasteiger partial charge in [0.2, 0.25) is 5.13 Å². The summed E-state index contributed by atoms with van der Waals surface area (Å²) in [4.78, 5) is 15.9. The van der Waals surface area contributed by atoms with Crippen LogP contribution in [0.25, 0.3) is 16.4 Å². The van der Waals surface area contributed by atoms with Gasteiger partial charge < -0.3 is 5.11 Å². The predicted octanol–water partition coefficient (Wildman–Crippen LogP) is 7.76. The highest BCUT2D eigenvalue weighted by molar-refractivity contribution is 7.12. The first-order chi connectivity index (χ1) is 19.9. The maximum Gasteiger partial charge on any atom is 0.355 e. The van der Waals surface area contributed by atoms with E-state index in [1.165, 1.54) is 48.5 Å². The Morgan fingerprint density at radius 3 is 2.59 bits per heavy atom. The predicted molar refractivity (Wildman–Crippen MR) is 155 cm³/mol. The maximum atomic E-state index is 14.9. The van der Waals surface area contributed by atoms with Gasteiger partial charge in [0, 0.05) is 29.3 Å². The minimum atomic E-state index is -1.10. The summed E-state index contributed by atoms with van der Waals surface area (Å²) in [5.74, 6) is 5.60. The number of aryl methyl sites for hydroxylation is 1. The first-order valence-electron chi connectivity index (χ1n) is 14.2. The van der Waals surface area contributed by atoms with Crippen molar-refractivity contribution in [3.8, 4) is 28.2 Å². The lowest BCUT2D eigenvalue weighted by molar-refractivity contribution is 0.0691. The van der Waals surface area contributed by atoms with E-state index in [-0.39, 0.29) is 17.3 Å². The molecule has 0 radical (unpaired) electrons. The maximum absolute atomic E-state index is 14.9. The molecule has 41 heavy (non-hydrogen) atoms. The molecule has 0 aliphatic heterocycles. The molecule has 2 aromatic heterocycles. The van der Waals surface area contributed by atoms with Crippen molar-refractivity contribution in [1.82, 2.24) is 14.8 Å². The van der Waals surface area contributed by atoms with E-state index in [9.17, 15) is 18.7 Å². The van der Waals surface area contributed by atoms with Gasteiger partial charge in [-0.15, -0.1) is 11.3 Å². The van der Waals surface area contributed by atoms with Crippen molar-refractivity contribution in [2.24, 2.45) is 11.8 Å². The number of carbonyl (C=O) groups is 1. The number of hydrogen-bond acceptors (Lipinski definition) is 4. The number of carboxylic acids is 1. The molecule has 0 amide bonds. The van der Waals surface area contributed by atoms with E-state index in [0.717, 1.165) is 42.5 Å². The Hall–Kier alpha value is -3.83. The zero-order valence-electron chi connectivity index (χ0n) is 22.9. The van der Waals surface area contributed by atoms with Crippen LogP contribution in [0.1, 0.15) is 83.4 Å². The van der Waals surface area contributed by atoms with Crippen LogP contribution in [0.4, 0.5) is 8.78 Å². The number of benzene rings is 2. The molecule has 0 saturated heterocycles. The Bertz CT molecular complexity index is 1670. The third-order valence-corrected chi connectivity index (χ3v) is 8.92. The lowest BCUT2D eigenvalue weighted by Crippen LogP contribution is -2.06. The van der Waals surface area contributed by atoms with E-state index in [0.29, 0.717) is 45.8 Å². The van der Waals surface area contributed by atoms with Gasteiger partial charge in [0.1, 0.15) is 11.6 Å². The molecule has 0 unspecified atom stereocenters. The molecule has 8 heteroatoms. The fourth-order valence-electron chi connectivity index (χ4n) is 5.55. The molecule has 2 heterocycles. The molecular formula is C33H31F2N3O2S. The van der Waals surface area contributed by atoms with Crippen LogP contribution < -0.4 is 0 Å². The number of nitrogens with zero attached hydrogens (tertiary/aromatic N) is 3. The molecule has 5 nitrogen and oxygen atoms in total. The van der Waals surface area contributed by atoms with Crippen molar-refractivity contribution >= 4 is 17.3 Å². The molecule has 0 bridgehead atoms. The van der Waals surface area contributed by atoms with Gasteiger partial charge in [0.25, 0.3) is 0 Å². The number of halogens is 2. The fourth-order valence-corrected chi connectivity index (χ4v) is 6.32. The number of aromatic carboxylic acids is 1. The fraction of sp³-hybridized carbons (Fsp3) is 0.364. The summed E-state index contributed by atoms with van der Waals surface area (Å²) < 4.78 is 31.2. The normalized spacial score (nSPS) is 15.2. The Kier molecular flexibility index (Phi) is 7.72. The molecule has 4 aromatic rings. The summed E-state index contributed by atoms with van der Waals surface area (Å²) in [5, 5.41) is 16.4. The van der Waals surface area contributed by atoms with Crippen molar-refractivity contribution in [1.29, 1.82) is 0 Å². The third kappa shape index (κ3) is 6.11. The second-order valence-corrected chi connectivity index (χ2v) is 12.1. The summed E-state index contributed by atoms with van der Waals surface area (Å²) in [6, 6.07) is 10.1. The van der Waals surface area contributed by atoms with Gasteiger partial charge in [-0.05, 0) is 86.3 Å². The zero-order valence-corrected chi connectivity index (χ0v) is 23.7. The zero-order chi connectivity index (χ0) is 28.5. The van der Waals surface area contributed by atoms with E-state index in [2.05, 4.69) is 16.8 Å². The second kappa shape index (κ2) is 11.6. The molecule has 2 aromatic carbocycles. The molecular weight excluding hydrogens is 540 g/mol. The van der Waals surface area contributed by atoms with E-state index in [4.69, 9.17) is 5.10 Å². The summed E-state index contributed by atoms with van der Waals surface area (Å²) in [7, 11) is 0. The van der Waals surface area contributed by atoms with E-state index >= 15 is 0 Å². The van der Waals surface area contributed by atoms with Crippen LogP contribution in [0.3, 0.4) is 0 Å². The Morgan fingerprint density at radius 2 is 1.88 bits per heavy atom. The smallest absolute Gasteiger partial charge is 0.355 e. The summed E-state index contributed by atoms with van der Waals surface area (Å²) in [6.45, 7) is 1.73. The molecule has 6 rings (SSSR count). The van der Waals surface area contributed by atoms with Crippen molar-refractivity contribution in [2.45, 2.75) is 64.7 Å². The van der Waals surface area contributed by atoms with Gasteiger partial charge in [-0.3, -0.25) is 0 Å². The molecule has 2 saturated carbocycles. The lowest BCUT2D eigenvalue weighted by Gasteiger charge is -2.10. The Morgan fingerprint density at radius 1 is 1.07 bits per heavy atom. The van der Waals surface area contributed by atoms with Crippen LogP contribution in [-0.4, -0.2) is 25.8 Å². The van der Waals surface area contributed by atoms with Gasteiger partial charge >= 0.3 is 5.97 Å². The largest absolute Gasteiger partial charge is 0.476 e. The molecule has 0 atom stereocenters. The number of carboxylic acid groups (broad SMARTS) is 1. The van der Waals surface area contributed by atoms with Crippen molar-refractivity contribution in [3.05, 3.63) is 87.1 Å². The SMILES string of the molecule is Cc1ccc(Cc2c(-c3ccc(F)c(C#CCC4CCCC4)c3)nn(-c3nc(C(=O)O)cs3)c2CC2CC2)cc1F. The number of rotatable bonds is 8. The van der Waals surface area contributed by atoms with Gasteiger partial charge in [-0.25, -0.2) is 23.2 Å². The van der Waals surface area contributed by atoms with E-state index in [1.54, 1.807) is 35.9 Å². The number of thiazole rings is 1. The summed E-state index contributed by atoms with van der Waals surface area (Å²) >= 11 is 1.22. The minimum Gasteiger partial charge on any atom is -0.476 e. The molecule has 0 spiro atoms. The Balaban J connectivity index is 1.46. The van der Waals surface area contributed by atoms with Crippen LogP contribution >= 0.6 is 11.3 Å². The van der Waals surface area contributed by atoms with Crippen molar-refractivity contribution in [2.75, 3.05) is 0 Å². The number of aromatic nitrogens is 3. The van der Waals surface area contributed by atoms with E-state index in [1.807, 2.05) is 6.07 Å². The van der Waals surface area contributed by atoms with E-state index < -0.39 is 5.97 Å². The highest BCUT2D eigenvalue weighted by Crippen LogP contribution is 2.38. The molecule has 210 valence electrons. The molecule has 2 fully saturated rings. The standard InChI is InChI=1S/C33H31F2N3O2S/c1-20-9-10-23(16-28(20)35)15-26-30(17-22-11-12-22)38(33-36-29(19-41-33)32(39)40)37-31(26)25-13-14-27(34)24(18-25)8-4-7-21-5-2-3-6-21/h9-10,13-14,16,18-19,21-22H,2-3,5-7,11-12,15,17H2,1H3,(H,39,40). The molecule has 2 aliphatic carbocycles. The first-order valence-corrected chi connectivity index (χ1v) is 15.1. The van der Waals surface area contributed by atoms with Gasteiger partial charge in [0.05, 0.1) is 17.0 Å². The Labute approximate surface area is 242 Å². The van der Waals surface area contributed by atoms with Gasteiger partial charge in [-0.2, -0.15) is 5.10 Å². The molecule has 1 N–H and O–H groups in total. The van der Waals surface area contributed by atoms with Crippen LogP contribution in [-0.2, 0) is 12.8 Å². The first kappa shape index (κ1) is 27.3. The summed E-state index contributed by atoms with van der Waals surface area (Å²) in [6.07, 6.45) is 8.99. The van der Waals surface area contributed by atoms with Gasteiger partial charge in [-0.1, -0.05) is 36.8 Å². The van der Waals surface area contributed by atoms with Crippen LogP contribution in [0.5, 0.6) is 0 Å². The number of hydrogen-bond donors (Lipinski definition) is 1. The highest BCUT2D eigenvalue weighted by Gasteiger charge is 2.29. The third-order valence-electron chi connectivity index (χ3n) is 8.11. The summed E-state index contributed by atoms with van der Waals surface area (Å²) in [5.41, 5.74) is 4.85. The minimum absolute atomic E-state index is 0.0387. The second-order valence-electron chi connectivity index (χ2n) is 11.3. The van der Waals surface area contributed by atoms with Gasteiger partial charge in [0.15, 0.2) is 5.69 Å². The highest BCUT2D eigenvalue weighted by atomic mass is 32.1. The quantitative estimate of drug-likeness (QED) is 0.220.